The summed E-state index contributed by atoms with van der Waals surface area (Å²) in [5.74, 6) is -0.420. The number of amides is 1. The first-order valence-corrected chi connectivity index (χ1v) is 12.9. The third-order valence-corrected chi connectivity index (χ3v) is 6.92. The number of esters is 1. The van der Waals surface area contributed by atoms with Crippen molar-refractivity contribution in [2.45, 2.75) is 19.4 Å². The summed E-state index contributed by atoms with van der Waals surface area (Å²) in [6.07, 6.45) is 3.23. The van der Waals surface area contributed by atoms with E-state index in [1.165, 1.54) is 7.11 Å². The molecule has 4 heterocycles. The molecule has 2 saturated heterocycles. The molecule has 0 unspecified atom stereocenters. The van der Waals surface area contributed by atoms with Gasteiger partial charge < -0.3 is 19.5 Å². The van der Waals surface area contributed by atoms with Gasteiger partial charge in [-0.1, -0.05) is 30.3 Å². The topological polar surface area (TPSA) is 103 Å². The molecule has 198 valence electrons. The zero-order valence-electron chi connectivity index (χ0n) is 21.5. The molecule has 0 aliphatic carbocycles. The summed E-state index contributed by atoms with van der Waals surface area (Å²) in [7, 11) is 1.33. The highest BCUT2D eigenvalue weighted by Crippen LogP contribution is 2.27. The predicted octanol–water partition coefficient (Wildman–Crippen LogP) is 3.79. The Morgan fingerprint density at radius 1 is 0.947 bits per heavy atom. The molecule has 3 aromatic rings. The Morgan fingerprint density at radius 2 is 1.63 bits per heavy atom. The van der Waals surface area contributed by atoms with Gasteiger partial charge in [-0.2, -0.15) is 0 Å². The second-order valence-corrected chi connectivity index (χ2v) is 9.50. The van der Waals surface area contributed by atoms with E-state index in [0.717, 1.165) is 55.2 Å². The van der Waals surface area contributed by atoms with Crippen LogP contribution >= 0.6 is 0 Å². The maximum absolute atomic E-state index is 12.8. The fraction of sp³-hybridized carbons (Fsp3) is 0.379. The average molecular weight is 517 g/mol. The van der Waals surface area contributed by atoms with Crippen LogP contribution in [0.25, 0.3) is 22.4 Å². The van der Waals surface area contributed by atoms with Crippen molar-refractivity contribution in [1.82, 2.24) is 14.9 Å². The normalized spacial score (nSPS) is 16.7. The molecule has 2 aromatic heterocycles. The van der Waals surface area contributed by atoms with E-state index in [4.69, 9.17) is 14.2 Å². The van der Waals surface area contributed by atoms with E-state index in [2.05, 4.69) is 32.3 Å². The Morgan fingerprint density at radius 3 is 2.32 bits per heavy atom. The maximum Gasteiger partial charge on any atom is 0.338 e. The average Bonchev–Trinajstić information content (AvgIpc) is 2.98. The molecule has 9 heteroatoms. The number of hydrogen-bond acceptors (Lipinski definition) is 8. The highest BCUT2D eigenvalue weighted by Gasteiger charge is 2.23. The molecule has 0 bridgehead atoms. The summed E-state index contributed by atoms with van der Waals surface area (Å²) in [4.78, 5) is 36.7. The molecule has 0 atom stereocenters. The van der Waals surface area contributed by atoms with Gasteiger partial charge in [0.05, 0.1) is 37.3 Å². The number of ether oxygens (including phenoxy) is 3. The number of carbonyl (C=O) groups is 2. The number of morpholine rings is 1. The Labute approximate surface area is 222 Å². The number of nitrogens with zero attached hydrogens (tertiary/aromatic N) is 3. The number of anilines is 1. The van der Waals surface area contributed by atoms with E-state index in [0.29, 0.717) is 43.1 Å². The van der Waals surface area contributed by atoms with Crippen LogP contribution in [-0.2, 0) is 25.5 Å². The van der Waals surface area contributed by atoms with Crippen molar-refractivity contribution >= 4 is 17.7 Å². The van der Waals surface area contributed by atoms with Crippen LogP contribution < -0.4 is 5.32 Å². The van der Waals surface area contributed by atoms with E-state index in [9.17, 15) is 9.59 Å². The minimum atomic E-state index is -0.491. The van der Waals surface area contributed by atoms with Crippen molar-refractivity contribution in [3.05, 3.63) is 66.0 Å². The van der Waals surface area contributed by atoms with Gasteiger partial charge in [0.25, 0.3) is 0 Å². The van der Waals surface area contributed by atoms with Gasteiger partial charge in [-0.25, -0.2) is 9.78 Å². The Bertz CT molecular complexity index is 1250. The summed E-state index contributed by atoms with van der Waals surface area (Å²) >= 11 is 0. The zero-order valence-corrected chi connectivity index (χ0v) is 21.5. The number of rotatable bonds is 7. The zero-order chi connectivity index (χ0) is 26.3. The lowest BCUT2D eigenvalue weighted by Gasteiger charge is -2.26. The van der Waals surface area contributed by atoms with Gasteiger partial charge >= 0.3 is 5.97 Å². The van der Waals surface area contributed by atoms with Gasteiger partial charge in [0, 0.05) is 56.1 Å². The van der Waals surface area contributed by atoms with E-state index >= 15 is 0 Å². The molecule has 2 aliphatic rings. The van der Waals surface area contributed by atoms with Crippen molar-refractivity contribution in [2.75, 3.05) is 51.9 Å². The lowest BCUT2D eigenvalue weighted by Crippen LogP contribution is -2.35. The highest BCUT2D eigenvalue weighted by molar-refractivity contribution is 5.95. The van der Waals surface area contributed by atoms with Crippen LogP contribution in [0.2, 0.25) is 0 Å². The molecule has 2 fully saturated rings. The van der Waals surface area contributed by atoms with Crippen molar-refractivity contribution < 1.29 is 23.8 Å². The molecule has 9 nitrogen and oxygen atoms in total. The first kappa shape index (κ1) is 26.0. The van der Waals surface area contributed by atoms with Crippen LogP contribution in [0.4, 0.5) is 5.82 Å². The highest BCUT2D eigenvalue weighted by atomic mass is 16.5. The molecule has 1 amide bonds. The molecular weight excluding hydrogens is 484 g/mol. The number of pyridine rings is 2. The summed E-state index contributed by atoms with van der Waals surface area (Å²) in [6, 6.07) is 15.3. The smallest absolute Gasteiger partial charge is 0.338 e. The summed E-state index contributed by atoms with van der Waals surface area (Å²) in [5.41, 5.74) is 4.79. The third-order valence-electron chi connectivity index (χ3n) is 6.92. The first-order valence-electron chi connectivity index (χ1n) is 12.9. The van der Waals surface area contributed by atoms with E-state index in [1.54, 1.807) is 12.1 Å². The van der Waals surface area contributed by atoms with Crippen LogP contribution in [0, 0.1) is 5.92 Å². The molecular formula is C29H32N4O5. The number of aromatic nitrogens is 2. The molecule has 0 spiro atoms. The van der Waals surface area contributed by atoms with E-state index in [-0.39, 0.29) is 11.8 Å². The number of methoxy groups -OCH3 is 1. The molecule has 5 rings (SSSR count). The van der Waals surface area contributed by atoms with Crippen molar-refractivity contribution in [2.24, 2.45) is 5.92 Å². The third kappa shape index (κ3) is 6.42. The van der Waals surface area contributed by atoms with Crippen molar-refractivity contribution in [1.29, 1.82) is 0 Å². The minimum Gasteiger partial charge on any atom is -0.465 e. The lowest BCUT2D eigenvalue weighted by atomic mass is 9.99. The van der Waals surface area contributed by atoms with Gasteiger partial charge in [0.15, 0.2) is 0 Å². The number of carbonyl (C=O) groups excluding carboxylic acids is 2. The predicted molar refractivity (Wildman–Crippen MR) is 143 cm³/mol. The van der Waals surface area contributed by atoms with Crippen LogP contribution in [-0.4, -0.2) is 73.4 Å². The van der Waals surface area contributed by atoms with Crippen LogP contribution in [0.3, 0.4) is 0 Å². The van der Waals surface area contributed by atoms with Gasteiger partial charge in [-0.3, -0.25) is 14.7 Å². The molecule has 2 aliphatic heterocycles. The van der Waals surface area contributed by atoms with Crippen molar-refractivity contribution in [3.63, 3.8) is 0 Å². The lowest BCUT2D eigenvalue weighted by molar-refractivity contribution is -0.122. The molecule has 0 saturated carbocycles. The van der Waals surface area contributed by atoms with E-state index < -0.39 is 5.97 Å². The number of nitrogens with one attached hydrogen (secondary N) is 1. The summed E-state index contributed by atoms with van der Waals surface area (Å²) in [5, 5.41) is 2.88. The van der Waals surface area contributed by atoms with Crippen molar-refractivity contribution in [3.8, 4) is 22.4 Å². The Hall–Kier alpha value is -3.66. The molecule has 1 aromatic carbocycles. The SMILES string of the molecule is COC(=O)c1cc(NC(=O)C2CCOCC2)nc(-c2ccc(-c3ccc(CN4CCOCC4)nc3)cc2)c1. The Kier molecular flexibility index (Phi) is 8.37. The largest absolute Gasteiger partial charge is 0.465 e. The van der Waals surface area contributed by atoms with Crippen LogP contribution in [0.1, 0.15) is 28.9 Å². The summed E-state index contributed by atoms with van der Waals surface area (Å²) in [6.45, 7) is 5.35. The molecule has 1 N–H and O–H groups in total. The second-order valence-electron chi connectivity index (χ2n) is 9.50. The quantitative estimate of drug-likeness (QED) is 0.473. The minimum absolute atomic E-state index is 0.117. The standard InChI is InChI=1S/C29H32N4O5/c1-36-29(35)24-16-26(31-27(17-24)32-28(34)22-8-12-37-13-9-22)21-4-2-20(3-5-21)23-6-7-25(30-18-23)19-33-10-14-38-15-11-33/h2-7,16-18,22H,8-15,19H2,1H3,(H,31,32,34). The van der Waals surface area contributed by atoms with Gasteiger partial charge in [0.2, 0.25) is 5.91 Å². The number of hydrogen-bond donors (Lipinski definition) is 1. The monoisotopic (exact) mass is 516 g/mol. The molecule has 38 heavy (non-hydrogen) atoms. The number of benzene rings is 1. The molecule has 0 radical (unpaired) electrons. The first-order chi connectivity index (χ1) is 18.6. The maximum atomic E-state index is 12.8. The second kappa shape index (κ2) is 12.3. The van der Waals surface area contributed by atoms with Gasteiger partial charge in [-0.15, -0.1) is 0 Å². The van der Waals surface area contributed by atoms with E-state index in [1.807, 2.05) is 30.5 Å². The van der Waals surface area contributed by atoms with Crippen LogP contribution in [0.15, 0.2) is 54.7 Å². The van der Waals surface area contributed by atoms with Gasteiger partial charge in [0.1, 0.15) is 5.82 Å². The van der Waals surface area contributed by atoms with Gasteiger partial charge in [-0.05, 0) is 36.6 Å². The summed E-state index contributed by atoms with van der Waals surface area (Å²) < 4.78 is 15.7. The fourth-order valence-corrected chi connectivity index (χ4v) is 4.68. The van der Waals surface area contributed by atoms with Crippen LogP contribution in [0.5, 0.6) is 0 Å². The Balaban J connectivity index is 1.32. The fourth-order valence-electron chi connectivity index (χ4n) is 4.68.